The molecular formula is C24H22BrN5O2. The number of nitrogens with zero attached hydrogens (tertiary/aromatic N) is 3. The van der Waals surface area contributed by atoms with Gasteiger partial charge < -0.3 is 5.73 Å². The summed E-state index contributed by atoms with van der Waals surface area (Å²) in [6.45, 7) is 4.01. The van der Waals surface area contributed by atoms with Gasteiger partial charge in [0.25, 0.3) is 5.91 Å². The summed E-state index contributed by atoms with van der Waals surface area (Å²) in [5.74, 6) is -0.967. The lowest BCUT2D eigenvalue weighted by molar-refractivity contribution is -0.118. The number of allylic oxidation sites excluding steroid dienone is 3. The van der Waals surface area contributed by atoms with Gasteiger partial charge >= 0.3 is 0 Å². The lowest BCUT2D eigenvalue weighted by Gasteiger charge is -2.43. The maximum Gasteiger partial charge on any atom is 0.271 e. The minimum Gasteiger partial charge on any atom is -0.383 e. The maximum absolute atomic E-state index is 13.4. The van der Waals surface area contributed by atoms with E-state index in [1.165, 1.54) is 11.2 Å². The number of carbonyl (C=O) groups is 2. The van der Waals surface area contributed by atoms with E-state index in [4.69, 9.17) is 5.73 Å². The summed E-state index contributed by atoms with van der Waals surface area (Å²) >= 11 is 3.47. The Morgan fingerprint density at radius 2 is 2.09 bits per heavy atom. The molecule has 1 aromatic carbocycles. The third-order valence-corrected chi connectivity index (χ3v) is 6.19. The largest absolute Gasteiger partial charge is 0.383 e. The van der Waals surface area contributed by atoms with Crippen molar-refractivity contribution in [3.05, 3.63) is 87.1 Å². The van der Waals surface area contributed by atoms with Crippen molar-refractivity contribution in [2.45, 2.75) is 32.6 Å². The number of nitrogens with two attached hydrogens (primary N) is 1. The van der Waals surface area contributed by atoms with Gasteiger partial charge in [-0.3, -0.25) is 20.0 Å². The lowest BCUT2D eigenvalue weighted by atomic mass is 9.69. The second-order valence-electron chi connectivity index (χ2n) is 8.72. The summed E-state index contributed by atoms with van der Waals surface area (Å²) in [6.07, 6.45) is 3.88. The molecule has 0 radical (unpaired) electrons. The van der Waals surface area contributed by atoms with Gasteiger partial charge in [0.15, 0.2) is 5.78 Å². The zero-order valence-electron chi connectivity index (χ0n) is 17.7. The number of nitriles is 1. The minimum atomic E-state index is -0.595. The van der Waals surface area contributed by atoms with Gasteiger partial charge in [-0.15, -0.1) is 0 Å². The molecule has 1 aromatic heterocycles. The molecule has 3 N–H and O–H groups in total. The van der Waals surface area contributed by atoms with E-state index in [1.54, 1.807) is 18.3 Å². The highest BCUT2D eigenvalue weighted by atomic mass is 79.9. The number of hydrogen-bond acceptors (Lipinski definition) is 6. The van der Waals surface area contributed by atoms with Gasteiger partial charge in [-0.25, -0.2) is 5.01 Å². The van der Waals surface area contributed by atoms with E-state index in [1.807, 2.05) is 38.1 Å². The Labute approximate surface area is 194 Å². The summed E-state index contributed by atoms with van der Waals surface area (Å²) < 4.78 is 0.837. The number of ketones is 1. The fraction of sp³-hybridized carbons (Fsp3) is 0.250. The van der Waals surface area contributed by atoms with Crippen LogP contribution in [0.5, 0.6) is 0 Å². The van der Waals surface area contributed by atoms with E-state index >= 15 is 0 Å². The predicted molar refractivity (Wildman–Crippen MR) is 122 cm³/mol. The first-order chi connectivity index (χ1) is 15.2. The molecule has 162 valence electrons. The number of nitrogens with one attached hydrogen (secondary N) is 1. The van der Waals surface area contributed by atoms with Crippen LogP contribution < -0.4 is 11.2 Å². The number of aromatic nitrogens is 1. The predicted octanol–water partition coefficient (Wildman–Crippen LogP) is 3.93. The minimum absolute atomic E-state index is 0.0536. The van der Waals surface area contributed by atoms with E-state index in [0.29, 0.717) is 29.7 Å². The number of carbonyl (C=O) groups excluding carboxylic acids is 2. The lowest BCUT2D eigenvalue weighted by Crippen LogP contribution is -2.49. The molecule has 32 heavy (non-hydrogen) atoms. The summed E-state index contributed by atoms with van der Waals surface area (Å²) in [7, 11) is 0. The highest BCUT2D eigenvalue weighted by molar-refractivity contribution is 9.10. The van der Waals surface area contributed by atoms with Crippen molar-refractivity contribution in [2.75, 3.05) is 0 Å². The molecule has 0 saturated heterocycles. The number of Topliss-reactive ketones (excluding diaryl/α,β-unsaturated/α-hetero) is 1. The zero-order chi connectivity index (χ0) is 23.0. The molecule has 2 aromatic rings. The average molecular weight is 492 g/mol. The molecule has 0 saturated carbocycles. The van der Waals surface area contributed by atoms with Crippen LogP contribution in [0.3, 0.4) is 0 Å². The van der Waals surface area contributed by atoms with Crippen LogP contribution in [-0.2, 0) is 4.79 Å². The molecule has 0 spiro atoms. The fourth-order valence-electron chi connectivity index (χ4n) is 4.32. The summed E-state index contributed by atoms with van der Waals surface area (Å²) in [4.78, 5) is 30.3. The van der Waals surface area contributed by atoms with Crippen molar-refractivity contribution in [1.29, 1.82) is 5.26 Å². The van der Waals surface area contributed by atoms with Crippen LogP contribution in [0, 0.1) is 16.7 Å². The Balaban J connectivity index is 1.87. The van der Waals surface area contributed by atoms with Crippen molar-refractivity contribution in [3.8, 4) is 6.07 Å². The van der Waals surface area contributed by atoms with Crippen molar-refractivity contribution >= 4 is 27.6 Å². The van der Waals surface area contributed by atoms with Gasteiger partial charge in [-0.2, -0.15) is 5.26 Å². The fourth-order valence-corrected chi connectivity index (χ4v) is 4.74. The first-order valence-electron chi connectivity index (χ1n) is 10.1. The van der Waals surface area contributed by atoms with Gasteiger partial charge in [-0.1, -0.05) is 41.9 Å². The quantitative estimate of drug-likeness (QED) is 0.672. The molecule has 4 rings (SSSR count). The molecule has 0 bridgehead atoms. The number of pyridine rings is 1. The standard InChI is InChI=1S/C24H22BrN5O2/c1-24(2)10-18-21(19(31)11-24)20(14-5-3-7-16(25)9-14)17(12-26)22(27)30(18)29-23(32)15-6-4-8-28-13-15/h3-9,13,20H,10-11,27H2,1-2H3,(H,29,32). The smallest absolute Gasteiger partial charge is 0.271 e. The van der Waals surface area contributed by atoms with Gasteiger partial charge in [0.2, 0.25) is 0 Å². The second kappa shape index (κ2) is 8.24. The zero-order valence-corrected chi connectivity index (χ0v) is 19.3. The number of benzene rings is 1. The van der Waals surface area contributed by atoms with Crippen LogP contribution in [-0.4, -0.2) is 21.7 Å². The number of hydrazine groups is 1. The molecule has 1 unspecified atom stereocenters. The molecule has 1 atom stereocenters. The van der Waals surface area contributed by atoms with E-state index < -0.39 is 11.8 Å². The highest BCUT2D eigenvalue weighted by Gasteiger charge is 2.44. The topological polar surface area (TPSA) is 112 Å². The van der Waals surface area contributed by atoms with Crippen molar-refractivity contribution in [3.63, 3.8) is 0 Å². The van der Waals surface area contributed by atoms with Crippen molar-refractivity contribution in [2.24, 2.45) is 11.1 Å². The summed E-state index contributed by atoms with van der Waals surface area (Å²) in [5.41, 5.74) is 11.4. The van der Waals surface area contributed by atoms with Crippen LogP contribution in [0.4, 0.5) is 0 Å². The van der Waals surface area contributed by atoms with Crippen LogP contribution in [0.1, 0.15) is 48.5 Å². The van der Waals surface area contributed by atoms with Gasteiger partial charge in [0.1, 0.15) is 5.82 Å². The third kappa shape index (κ3) is 3.92. The Morgan fingerprint density at radius 3 is 2.75 bits per heavy atom. The monoisotopic (exact) mass is 491 g/mol. The van der Waals surface area contributed by atoms with Gasteiger partial charge in [0, 0.05) is 28.9 Å². The van der Waals surface area contributed by atoms with E-state index in [2.05, 4.69) is 32.4 Å². The molecule has 7 nitrogen and oxygen atoms in total. The molecule has 1 aliphatic heterocycles. The third-order valence-electron chi connectivity index (χ3n) is 5.70. The van der Waals surface area contributed by atoms with E-state index in [0.717, 1.165) is 10.0 Å². The number of halogens is 1. The van der Waals surface area contributed by atoms with Crippen LogP contribution in [0.25, 0.3) is 0 Å². The molecule has 2 aliphatic rings. The van der Waals surface area contributed by atoms with Crippen LogP contribution in [0.15, 0.2) is 75.9 Å². The first kappa shape index (κ1) is 21.8. The SMILES string of the molecule is CC1(C)CC(=O)C2=C(C1)N(NC(=O)c1cccnc1)C(N)=C(C#N)C2c1cccc(Br)c1. The van der Waals surface area contributed by atoms with Gasteiger partial charge in [-0.05, 0) is 41.7 Å². The Bertz CT molecular complexity index is 1210. The Hall–Kier alpha value is -3.44. The second-order valence-corrected chi connectivity index (χ2v) is 9.63. The number of amides is 1. The van der Waals surface area contributed by atoms with Gasteiger partial charge in [0.05, 0.1) is 28.8 Å². The first-order valence-corrected chi connectivity index (χ1v) is 10.9. The number of hydrogen-bond donors (Lipinski definition) is 2. The van der Waals surface area contributed by atoms with E-state index in [9.17, 15) is 14.9 Å². The molecule has 1 aliphatic carbocycles. The summed E-state index contributed by atoms with van der Waals surface area (Å²) in [5, 5.41) is 11.4. The molecule has 1 amide bonds. The van der Waals surface area contributed by atoms with Crippen LogP contribution >= 0.6 is 15.9 Å². The average Bonchev–Trinajstić information content (AvgIpc) is 2.75. The molecular weight excluding hydrogens is 470 g/mol. The normalized spacial score (nSPS) is 20.0. The number of rotatable bonds is 3. The van der Waals surface area contributed by atoms with E-state index in [-0.39, 0.29) is 22.6 Å². The Morgan fingerprint density at radius 1 is 1.31 bits per heavy atom. The van der Waals surface area contributed by atoms with Crippen molar-refractivity contribution in [1.82, 2.24) is 15.4 Å². The maximum atomic E-state index is 13.4. The highest BCUT2D eigenvalue weighted by Crippen LogP contribution is 2.48. The molecule has 0 fully saturated rings. The van der Waals surface area contributed by atoms with Crippen LogP contribution in [0.2, 0.25) is 0 Å². The summed E-state index contributed by atoms with van der Waals surface area (Å²) in [6, 6.07) is 13.0. The molecule has 8 heteroatoms. The Kier molecular flexibility index (Phi) is 5.61. The van der Waals surface area contributed by atoms with Crippen molar-refractivity contribution < 1.29 is 9.59 Å². The molecule has 2 heterocycles.